The SMILES string of the molecule is CCc1cc(C(=O)N2CCC[C@H](c3cncc(Oc4cccnc4)n3)C2)on1. The van der Waals surface area contributed by atoms with Crippen LogP contribution in [0.4, 0.5) is 0 Å². The van der Waals surface area contributed by atoms with Crippen molar-refractivity contribution >= 4 is 5.91 Å². The van der Waals surface area contributed by atoms with Crippen LogP contribution in [0.2, 0.25) is 0 Å². The molecule has 0 saturated carbocycles. The largest absolute Gasteiger partial charge is 0.436 e. The zero-order valence-corrected chi connectivity index (χ0v) is 15.6. The summed E-state index contributed by atoms with van der Waals surface area (Å²) in [5, 5.41) is 3.91. The average Bonchev–Trinajstić information content (AvgIpc) is 3.24. The molecular formula is C20H21N5O3. The van der Waals surface area contributed by atoms with Crippen molar-refractivity contribution in [2.24, 2.45) is 0 Å². The van der Waals surface area contributed by atoms with Gasteiger partial charge in [0.1, 0.15) is 5.75 Å². The molecule has 1 saturated heterocycles. The normalized spacial score (nSPS) is 16.8. The van der Waals surface area contributed by atoms with Gasteiger partial charge in [-0.1, -0.05) is 12.1 Å². The van der Waals surface area contributed by atoms with Crippen LogP contribution in [0.1, 0.15) is 47.6 Å². The van der Waals surface area contributed by atoms with E-state index in [4.69, 9.17) is 9.26 Å². The Labute approximate surface area is 162 Å². The van der Waals surface area contributed by atoms with Crippen LogP contribution in [0.25, 0.3) is 0 Å². The molecular weight excluding hydrogens is 358 g/mol. The first-order valence-corrected chi connectivity index (χ1v) is 9.37. The molecule has 3 aromatic heterocycles. The van der Waals surface area contributed by atoms with Gasteiger partial charge in [0.05, 0.1) is 23.8 Å². The average molecular weight is 379 g/mol. The van der Waals surface area contributed by atoms with Gasteiger partial charge < -0.3 is 14.2 Å². The van der Waals surface area contributed by atoms with Crippen molar-refractivity contribution in [1.82, 2.24) is 25.0 Å². The van der Waals surface area contributed by atoms with Crippen molar-refractivity contribution in [2.75, 3.05) is 13.1 Å². The van der Waals surface area contributed by atoms with Gasteiger partial charge in [-0.2, -0.15) is 0 Å². The summed E-state index contributed by atoms with van der Waals surface area (Å²) in [5.41, 5.74) is 1.59. The van der Waals surface area contributed by atoms with Crippen LogP contribution in [0, 0.1) is 0 Å². The quantitative estimate of drug-likeness (QED) is 0.672. The summed E-state index contributed by atoms with van der Waals surface area (Å²) in [6, 6.07) is 5.32. The summed E-state index contributed by atoms with van der Waals surface area (Å²) in [5.74, 6) is 1.27. The van der Waals surface area contributed by atoms with Crippen molar-refractivity contribution in [1.29, 1.82) is 0 Å². The molecule has 8 nitrogen and oxygen atoms in total. The van der Waals surface area contributed by atoms with Crippen LogP contribution >= 0.6 is 0 Å². The van der Waals surface area contributed by atoms with E-state index in [1.54, 1.807) is 41.8 Å². The molecule has 28 heavy (non-hydrogen) atoms. The van der Waals surface area contributed by atoms with Crippen molar-refractivity contribution in [3.63, 3.8) is 0 Å². The summed E-state index contributed by atoms with van der Waals surface area (Å²) in [6.07, 6.45) is 9.17. The van der Waals surface area contributed by atoms with Gasteiger partial charge in [-0.3, -0.25) is 14.8 Å². The Bertz CT molecular complexity index is 944. The van der Waals surface area contributed by atoms with E-state index >= 15 is 0 Å². The molecule has 144 valence electrons. The summed E-state index contributed by atoms with van der Waals surface area (Å²) in [6.45, 7) is 3.23. The predicted molar refractivity (Wildman–Crippen MR) is 100 cm³/mol. The molecule has 0 spiro atoms. The second-order valence-corrected chi connectivity index (χ2v) is 6.70. The zero-order valence-electron chi connectivity index (χ0n) is 15.6. The first kappa shape index (κ1) is 18.1. The highest BCUT2D eigenvalue weighted by atomic mass is 16.5. The number of aromatic nitrogens is 4. The van der Waals surface area contributed by atoms with Gasteiger partial charge in [-0.25, -0.2) is 4.98 Å². The molecule has 1 aliphatic heterocycles. The van der Waals surface area contributed by atoms with Gasteiger partial charge in [-0.15, -0.1) is 0 Å². The Morgan fingerprint density at radius 3 is 3.04 bits per heavy atom. The third kappa shape index (κ3) is 4.00. The fourth-order valence-corrected chi connectivity index (χ4v) is 3.27. The molecule has 0 radical (unpaired) electrons. The van der Waals surface area contributed by atoms with E-state index in [-0.39, 0.29) is 17.6 Å². The number of rotatable bonds is 5. The Morgan fingerprint density at radius 1 is 1.32 bits per heavy atom. The minimum Gasteiger partial charge on any atom is -0.436 e. The number of aryl methyl sites for hydroxylation is 1. The Kier molecular flexibility index (Phi) is 5.27. The molecule has 1 amide bonds. The first-order chi connectivity index (χ1) is 13.7. The summed E-state index contributed by atoms with van der Waals surface area (Å²) < 4.78 is 10.9. The highest BCUT2D eigenvalue weighted by Crippen LogP contribution is 2.28. The number of piperidine rings is 1. The van der Waals surface area contributed by atoms with E-state index in [9.17, 15) is 4.79 Å². The Balaban J connectivity index is 1.47. The molecule has 0 unspecified atom stereocenters. The smallest absolute Gasteiger partial charge is 0.292 e. The van der Waals surface area contributed by atoms with Gasteiger partial charge >= 0.3 is 0 Å². The molecule has 4 heterocycles. The van der Waals surface area contributed by atoms with E-state index in [0.717, 1.165) is 30.7 Å². The van der Waals surface area contributed by atoms with Crippen molar-refractivity contribution in [2.45, 2.75) is 32.1 Å². The number of hydrogen-bond acceptors (Lipinski definition) is 7. The highest BCUT2D eigenvalue weighted by molar-refractivity contribution is 5.91. The number of nitrogens with zero attached hydrogens (tertiary/aromatic N) is 5. The van der Waals surface area contributed by atoms with Gasteiger partial charge in [0.15, 0.2) is 0 Å². The van der Waals surface area contributed by atoms with E-state index < -0.39 is 0 Å². The zero-order chi connectivity index (χ0) is 19.3. The number of ether oxygens (including phenoxy) is 1. The lowest BCUT2D eigenvalue weighted by Crippen LogP contribution is -2.39. The number of likely N-dealkylation sites (tertiary alicyclic amines) is 1. The Morgan fingerprint density at radius 2 is 2.25 bits per heavy atom. The Hall–Kier alpha value is -3.29. The van der Waals surface area contributed by atoms with E-state index in [1.165, 1.54) is 0 Å². The third-order valence-corrected chi connectivity index (χ3v) is 4.75. The third-order valence-electron chi connectivity index (χ3n) is 4.75. The lowest BCUT2D eigenvalue weighted by atomic mass is 9.95. The van der Waals surface area contributed by atoms with Gasteiger partial charge in [-0.05, 0) is 31.4 Å². The molecule has 0 aromatic carbocycles. The minimum atomic E-state index is -0.132. The van der Waals surface area contributed by atoms with Crippen LogP contribution in [-0.2, 0) is 6.42 Å². The summed E-state index contributed by atoms with van der Waals surface area (Å²) >= 11 is 0. The maximum atomic E-state index is 12.7. The van der Waals surface area contributed by atoms with Gasteiger partial charge in [0, 0.05) is 37.5 Å². The summed E-state index contributed by atoms with van der Waals surface area (Å²) in [4.78, 5) is 27.4. The highest BCUT2D eigenvalue weighted by Gasteiger charge is 2.28. The minimum absolute atomic E-state index is 0.0937. The molecule has 1 aliphatic rings. The van der Waals surface area contributed by atoms with Gasteiger partial charge in [0.25, 0.3) is 5.91 Å². The second kappa shape index (κ2) is 8.16. The van der Waals surface area contributed by atoms with E-state index in [2.05, 4.69) is 20.1 Å². The molecule has 1 fully saturated rings. The fraction of sp³-hybridized carbons (Fsp3) is 0.350. The predicted octanol–water partition coefficient (Wildman–Crippen LogP) is 3.23. The van der Waals surface area contributed by atoms with Crippen molar-refractivity contribution < 1.29 is 14.1 Å². The first-order valence-electron chi connectivity index (χ1n) is 9.37. The van der Waals surface area contributed by atoms with E-state index in [0.29, 0.717) is 24.7 Å². The van der Waals surface area contributed by atoms with Crippen LogP contribution in [-0.4, -0.2) is 44.0 Å². The van der Waals surface area contributed by atoms with Crippen molar-refractivity contribution in [3.05, 3.63) is 60.1 Å². The monoisotopic (exact) mass is 379 g/mol. The molecule has 8 heteroatoms. The molecule has 1 atom stereocenters. The standard InChI is InChI=1S/C20H21N5O3/c1-2-15-9-18(28-24-15)20(26)25-8-4-5-14(13-25)17-11-22-12-19(23-17)27-16-6-3-7-21-10-16/h3,6-7,9-12,14H,2,4-5,8,13H2,1H3/t14-/m0/s1. The molecule has 0 aliphatic carbocycles. The molecule has 0 N–H and O–H groups in total. The number of carbonyl (C=O) groups excluding carboxylic acids is 1. The van der Waals surface area contributed by atoms with Crippen LogP contribution in [0.3, 0.4) is 0 Å². The van der Waals surface area contributed by atoms with Crippen molar-refractivity contribution in [3.8, 4) is 11.6 Å². The topological polar surface area (TPSA) is 94.2 Å². The lowest BCUT2D eigenvalue weighted by Gasteiger charge is -2.31. The molecule has 3 aromatic rings. The molecule has 0 bridgehead atoms. The number of amides is 1. The van der Waals surface area contributed by atoms with Crippen LogP contribution in [0.15, 0.2) is 47.5 Å². The van der Waals surface area contributed by atoms with Gasteiger partial charge in [0.2, 0.25) is 11.6 Å². The van der Waals surface area contributed by atoms with E-state index in [1.807, 2.05) is 13.0 Å². The number of carbonyl (C=O) groups is 1. The lowest BCUT2D eigenvalue weighted by molar-refractivity contribution is 0.0663. The number of hydrogen-bond donors (Lipinski definition) is 0. The second-order valence-electron chi connectivity index (χ2n) is 6.70. The van der Waals surface area contributed by atoms with Crippen LogP contribution in [0.5, 0.6) is 11.6 Å². The fourth-order valence-electron chi connectivity index (χ4n) is 3.27. The summed E-state index contributed by atoms with van der Waals surface area (Å²) in [7, 11) is 0. The number of pyridine rings is 1. The molecule has 4 rings (SSSR count). The maximum Gasteiger partial charge on any atom is 0.292 e. The van der Waals surface area contributed by atoms with Crippen LogP contribution < -0.4 is 4.74 Å². The maximum absolute atomic E-state index is 12.7.